The summed E-state index contributed by atoms with van der Waals surface area (Å²) in [6.45, 7) is 6.84. The highest BCUT2D eigenvalue weighted by atomic mass is 28.3. The molecule has 174 valence electrons. The first-order valence-corrected chi connectivity index (χ1v) is 13.7. The Labute approximate surface area is 188 Å². The monoisotopic (exact) mass is 464 g/mol. The number of benzene rings is 2. The second-order valence-corrected chi connectivity index (χ2v) is 13.1. The van der Waals surface area contributed by atoms with Crippen molar-refractivity contribution in [2.45, 2.75) is 38.5 Å². The topological polar surface area (TPSA) is 69.2 Å². The molecule has 2 rings (SSSR count). The lowest BCUT2D eigenvalue weighted by molar-refractivity contribution is -0.149. The number of halogens is 2. The zero-order valence-corrected chi connectivity index (χ0v) is 20.2. The van der Waals surface area contributed by atoms with Gasteiger partial charge in [-0.2, -0.15) is 8.78 Å². The van der Waals surface area contributed by atoms with Crippen molar-refractivity contribution in [3.63, 3.8) is 0 Å². The quantitative estimate of drug-likeness (QED) is 0.292. The summed E-state index contributed by atoms with van der Waals surface area (Å²) in [6.07, 6.45) is 0. The number of methoxy groups -OCH3 is 2. The third-order valence-corrected chi connectivity index (χ3v) is 6.49. The number of nitrogens with one attached hydrogen (secondary N) is 1. The van der Waals surface area contributed by atoms with E-state index in [0.29, 0.717) is 22.9 Å². The third kappa shape index (κ3) is 6.29. The van der Waals surface area contributed by atoms with Gasteiger partial charge in [-0.05, 0) is 55.5 Å². The number of alkyl halides is 2. The molecule has 0 heterocycles. The Bertz CT molecular complexity index is 927. The fraction of sp³-hybridized carbons (Fsp3) is 0.391. The molecule has 0 aliphatic heterocycles. The minimum Gasteiger partial charge on any atom is -0.497 e. The summed E-state index contributed by atoms with van der Waals surface area (Å²) in [7, 11) is 0.341. The maximum absolute atomic E-state index is 16.0. The highest BCUT2D eigenvalue weighted by molar-refractivity contribution is 7.05. The number of hydrogen-bond donors (Lipinski definition) is 1. The van der Waals surface area contributed by atoms with E-state index in [1.54, 1.807) is 75.1 Å². The van der Waals surface area contributed by atoms with E-state index in [2.05, 4.69) is 10.3 Å². The molecule has 6 nitrogen and oxygen atoms in total. The van der Waals surface area contributed by atoms with Crippen molar-refractivity contribution in [2.75, 3.05) is 26.1 Å². The van der Waals surface area contributed by atoms with Crippen LogP contribution >= 0.6 is 0 Å². The molecule has 2 aromatic carbocycles. The van der Waals surface area contributed by atoms with Crippen LogP contribution in [-0.2, 0) is 9.53 Å². The van der Waals surface area contributed by atoms with Gasteiger partial charge in [0.1, 0.15) is 19.6 Å². The molecule has 1 N–H and O–H groups in total. The van der Waals surface area contributed by atoms with Crippen molar-refractivity contribution in [2.24, 2.45) is 4.99 Å². The van der Waals surface area contributed by atoms with Crippen molar-refractivity contribution in [1.82, 2.24) is 0 Å². The molecule has 1 atom stereocenters. The van der Waals surface area contributed by atoms with E-state index in [9.17, 15) is 4.79 Å². The fourth-order valence-corrected chi connectivity index (χ4v) is 4.65. The maximum Gasteiger partial charge on any atom is 0.335 e. The van der Waals surface area contributed by atoms with E-state index in [0.717, 1.165) is 0 Å². The van der Waals surface area contributed by atoms with Crippen LogP contribution < -0.4 is 14.8 Å². The van der Waals surface area contributed by atoms with E-state index in [-0.39, 0.29) is 11.9 Å². The lowest BCUT2D eigenvalue weighted by atomic mass is 10.1. The van der Waals surface area contributed by atoms with Gasteiger partial charge in [0.05, 0.1) is 31.8 Å². The largest absolute Gasteiger partial charge is 0.497 e. The van der Waals surface area contributed by atoms with Gasteiger partial charge in [-0.3, -0.25) is 4.99 Å². The Morgan fingerprint density at radius 2 is 1.50 bits per heavy atom. The number of carbonyl (C=O) groups excluding carboxylic acids is 1. The molecular formula is C23H30F2N2O4Si. The van der Waals surface area contributed by atoms with Crippen molar-refractivity contribution in [3.05, 3.63) is 48.5 Å². The molecule has 0 aliphatic carbocycles. The molecule has 0 bridgehead atoms. The molecule has 9 heteroatoms. The Balaban J connectivity index is 2.51. The van der Waals surface area contributed by atoms with Gasteiger partial charge in [0, 0.05) is 5.69 Å². The van der Waals surface area contributed by atoms with Gasteiger partial charge in [0.25, 0.3) is 0 Å². The number of anilines is 1. The van der Waals surface area contributed by atoms with Crippen LogP contribution in [0.1, 0.15) is 6.92 Å². The van der Waals surface area contributed by atoms with Gasteiger partial charge in [-0.1, -0.05) is 19.6 Å². The summed E-state index contributed by atoms with van der Waals surface area (Å²) in [6, 6.07) is 10.9. The first-order chi connectivity index (χ1) is 15.0. The number of ether oxygens (including phenoxy) is 3. The Morgan fingerprint density at radius 1 is 1.00 bits per heavy atom. The number of nitrogens with zero attached hydrogens (tertiary/aromatic N) is 1. The molecule has 32 heavy (non-hydrogen) atoms. The normalized spacial score (nSPS) is 13.3. The van der Waals surface area contributed by atoms with Gasteiger partial charge in [-0.15, -0.1) is 0 Å². The summed E-state index contributed by atoms with van der Waals surface area (Å²) in [5, 5.41) is 2.34. The summed E-state index contributed by atoms with van der Waals surface area (Å²) in [4.78, 5) is 17.0. The number of rotatable bonds is 10. The molecule has 1 unspecified atom stereocenters. The van der Waals surface area contributed by atoms with Crippen molar-refractivity contribution in [1.29, 1.82) is 0 Å². The highest BCUT2D eigenvalue weighted by Gasteiger charge is 2.53. The van der Waals surface area contributed by atoms with Crippen LogP contribution in [0.15, 0.2) is 53.5 Å². The summed E-state index contributed by atoms with van der Waals surface area (Å²) in [5.41, 5.74) is 0.692. The van der Waals surface area contributed by atoms with Crippen molar-refractivity contribution < 1.29 is 27.8 Å². The standard InChI is InChI=1S/C23H30F2N2O4Si/c1-7-31-21(28)20(26-16-8-12-18(29-2)13-9-16)23(24,25)22(32(4,5)6)27-17-10-14-19(30-3)15-11-17/h8-15,20,26H,7H2,1-6H3. The maximum atomic E-state index is 16.0. The van der Waals surface area contributed by atoms with Gasteiger partial charge in [-0.25, -0.2) is 4.79 Å². The second kappa shape index (κ2) is 10.6. The molecular weight excluding hydrogens is 434 g/mol. The first-order valence-electron chi connectivity index (χ1n) is 10.2. The van der Waals surface area contributed by atoms with Crippen molar-refractivity contribution in [3.8, 4) is 11.5 Å². The Morgan fingerprint density at radius 3 is 1.94 bits per heavy atom. The lowest BCUT2D eigenvalue weighted by Gasteiger charge is -2.33. The summed E-state index contributed by atoms with van der Waals surface area (Å²) < 4.78 is 47.2. The van der Waals surface area contributed by atoms with E-state index >= 15 is 8.78 Å². The predicted molar refractivity (Wildman–Crippen MR) is 125 cm³/mol. The summed E-state index contributed by atoms with van der Waals surface area (Å²) >= 11 is 0. The molecule has 0 spiro atoms. The van der Waals surface area contributed by atoms with Crippen LogP contribution in [-0.4, -0.2) is 52.2 Å². The molecule has 0 amide bonds. The lowest BCUT2D eigenvalue weighted by Crippen LogP contribution is -2.58. The number of esters is 1. The van der Waals surface area contributed by atoms with Crippen LogP contribution in [0.4, 0.5) is 20.2 Å². The van der Waals surface area contributed by atoms with E-state index < -0.39 is 26.0 Å². The fourth-order valence-electron chi connectivity index (χ4n) is 3.04. The Hall–Kier alpha value is -2.94. The molecule has 0 aromatic heterocycles. The minimum absolute atomic E-state index is 0.0202. The van der Waals surface area contributed by atoms with Gasteiger partial charge in [0.15, 0.2) is 6.04 Å². The smallest absolute Gasteiger partial charge is 0.335 e. The SMILES string of the molecule is CCOC(=O)C(Nc1ccc(OC)cc1)C(F)(F)C(=Nc1ccc(OC)cc1)[Si](C)(C)C. The molecule has 0 saturated carbocycles. The molecule has 0 radical (unpaired) electrons. The average molecular weight is 465 g/mol. The Kier molecular flexibility index (Phi) is 8.37. The predicted octanol–water partition coefficient (Wildman–Crippen LogP) is 5.33. The second-order valence-electron chi connectivity index (χ2n) is 8.09. The number of carbonyl (C=O) groups is 1. The zero-order chi connectivity index (χ0) is 23.9. The third-order valence-electron chi connectivity index (χ3n) is 4.63. The molecule has 0 aliphatic rings. The van der Waals surface area contributed by atoms with E-state index in [1.165, 1.54) is 14.2 Å². The van der Waals surface area contributed by atoms with Crippen LogP contribution in [0.25, 0.3) is 0 Å². The highest BCUT2D eigenvalue weighted by Crippen LogP contribution is 2.32. The van der Waals surface area contributed by atoms with Crippen LogP contribution in [0.5, 0.6) is 11.5 Å². The average Bonchev–Trinajstić information content (AvgIpc) is 2.75. The van der Waals surface area contributed by atoms with Gasteiger partial charge >= 0.3 is 11.9 Å². The minimum atomic E-state index is -3.60. The van der Waals surface area contributed by atoms with Crippen LogP contribution in [0, 0.1) is 0 Å². The first kappa shape index (κ1) is 25.3. The van der Waals surface area contributed by atoms with Gasteiger partial charge in [0.2, 0.25) is 0 Å². The molecule has 2 aromatic rings. The van der Waals surface area contributed by atoms with Crippen LogP contribution in [0.3, 0.4) is 0 Å². The zero-order valence-electron chi connectivity index (χ0n) is 19.2. The van der Waals surface area contributed by atoms with E-state index in [1.807, 2.05) is 0 Å². The van der Waals surface area contributed by atoms with E-state index in [4.69, 9.17) is 14.2 Å². The molecule has 0 fully saturated rings. The number of aliphatic imine (C=N–C) groups is 1. The summed E-state index contributed by atoms with van der Waals surface area (Å²) in [5.74, 6) is -3.49. The van der Waals surface area contributed by atoms with Crippen molar-refractivity contribution >= 4 is 30.8 Å². The number of hydrogen-bond acceptors (Lipinski definition) is 6. The van der Waals surface area contributed by atoms with Crippen LogP contribution in [0.2, 0.25) is 19.6 Å². The van der Waals surface area contributed by atoms with Gasteiger partial charge < -0.3 is 19.5 Å². The molecule has 0 saturated heterocycles.